The highest BCUT2D eigenvalue weighted by Gasteiger charge is 2.09. The zero-order chi connectivity index (χ0) is 13.4. The first-order valence-corrected chi connectivity index (χ1v) is 8.49. The number of benzene rings is 1. The maximum atomic E-state index is 10.8. The highest BCUT2D eigenvalue weighted by Crippen LogP contribution is 2.12. The van der Waals surface area contributed by atoms with Crippen molar-refractivity contribution in [2.75, 3.05) is 12.4 Å². The molecule has 0 aromatic heterocycles. The highest BCUT2D eigenvalue weighted by molar-refractivity contribution is 8.13. The molecule has 18 heavy (non-hydrogen) atoms. The van der Waals surface area contributed by atoms with Gasteiger partial charge in [0.05, 0.1) is 12.4 Å². The summed E-state index contributed by atoms with van der Waals surface area (Å²) < 4.78 is 27.1. The summed E-state index contributed by atoms with van der Waals surface area (Å²) in [5.74, 6) is 0.336. The van der Waals surface area contributed by atoms with Crippen LogP contribution < -0.4 is 0 Å². The lowest BCUT2D eigenvalue weighted by Gasteiger charge is -2.10. The first-order chi connectivity index (χ1) is 8.47. The van der Waals surface area contributed by atoms with E-state index in [1.54, 1.807) is 0 Å². The van der Waals surface area contributed by atoms with Crippen LogP contribution in [0.25, 0.3) is 0 Å². The highest BCUT2D eigenvalue weighted by atomic mass is 35.7. The van der Waals surface area contributed by atoms with Crippen LogP contribution in [0.15, 0.2) is 30.3 Å². The van der Waals surface area contributed by atoms with E-state index in [0.717, 1.165) is 12.0 Å². The van der Waals surface area contributed by atoms with Crippen molar-refractivity contribution in [1.29, 1.82) is 0 Å². The van der Waals surface area contributed by atoms with Crippen molar-refractivity contribution in [3.63, 3.8) is 0 Å². The van der Waals surface area contributed by atoms with Crippen molar-refractivity contribution in [2.45, 2.75) is 26.4 Å². The van der Waals surface area contributed by atoms with Crippen molar-refractivity contribution in [3.8, 4) is 0 Å². The second kappa shape index (κ2) is 7.77. The maximum Gasteiger partial charge on any atom is 0.232 e. The van der Waals surface area contributed by atoms with E-state index in [9.17, 15) is 8.42 Å². The Morgan fingerprint density at radius 3 is 2.50 bits per heavy atom. The Morgan fingerprint density at radius 1 is 1.22 bits per heavy atom. The number of rotatable bonds is 8. The fourth-order valence-electron chi connectivity index (χ4n) is 1.54. The summed E-state index contributed by atoms with van der Waals surface area (Å²) in [5, 5.41) is 0. The molecule has 0 aliphatic rings. The molecule has 1 aromatic rings. The molecule has 0 radical (unpaired) electrons. The number of halogens is 1. The van der Waals surface area contributed by atoms with Gasteiger partial charge in [-0.3, -0.25) is 0 Å². The second-order valence-electron chi connectivity index (χ2n) is 4.46. The second-order valence-corrected chi connectivity index (χ2v) is 7.36. The van der Waals surface area contributed by atoms with Crippen LogP contribution in [-0.4, -0.2) is 20.8 Å². The zero-order valence-corrected chi connectivity index (χ0v) is 12.1. The van der Waals surface area contributed by atoms with Gasteiger partial charge in [0.1, 0.15) is 0 Å². The van der Waals surface area contributed by atoms with Gasteiger partial charge in [-0.25, -0.2) is 8.42 Å². The van der Waals surface area contributed by atoms with Crippen LogP contribution in [0.5, 0.6) is 0 Å². The Kier molecular flexibility index (Phi) is 6.68. The third-order valence-corrected chi connectivity index (χ3v) is 3.91. The van der Waals surface area contributed by atoms with Gasteiger partial charge in [-0.05, 0) is 24.3 Å². The van der Waals surface area contributed by atoms with Gasteiger partial charge in [0.25, 0.3) is 0 Å². The Morgan fingerprint density at radius 2 is 1.89 bits per heavy atom. The molecule has 0 aliphatic carbocycles. The van der Waals surface area contributed by atoms with Gasteiger partial charge in [-0.15, -0.1) is 0 Å². The topological polar surface area (TPSA) is 43.4 Å². The Balaban J connectivity index is 2.11. The predicted molar refractivity (Wildman–Crippen MR) is 74.1 cm³/mol. The van der Waals surface area contributed by atoms with Gasteiger partial charge in [0.2, 0.25) is 9.05 Å². The van der Waals surface area contributed by atoms with Crippen molar-refractivity contribution in [1.82, 2.24) is 0 Å². The van der Waals surface area contributed by atoms with Gasteiger partial charge in [0.15, 0.2) is 0 Å². The largest absolute Gasteiger partial charge is 0.377 e. The maximum absolute atomic E-state index is 10.8. The summed E-state index contributed by atoms with van der Waals surface area (Å²) in [6, 6.07) is 9.96. The third-order valence-electron chi connectivity index (χ3n) is 2.72. The number of hydrogen-bond acceptors (Lipinski definition) is 3. The van der Waals surface area contributed by atoms with E-state index in [1.165, 1.54) is 0 Å². The Hall–Kier alpha value is -0.580. The van der Waals surface area contributed by atoms with Crippen LogP contribution in [0.4, 0.5) is 0 Å². The minimum Gasteiger partial charge on any atom is -0.377 e. The summed E-state index contributed by atoms with van der Waals surface area (Å²) in [6.07, 6.45) is 1.43. The molecule has 0 bridgehead atoms. The monoisotopic (exact) mass is 290 g/mol. The first kappa shape index (κ1) is 15.5. The van der Waals surface area contributed by atoms with Gasteiger partial charge in [-0.2, -0.15) is 0 Å². The number of hydrogen-bond donors (Lipinski definition) is 0. The molecule has 0 spiro atoms. The molecule has 0 saturated carbocycles. The van der Waals surface area contributed by atoms with E-state index in [0.29, 0.717) is 25.6 Å². The molecule has 0 heterocycles. The predicted octanol–water partition coefficient (Wildman–Crippen LogP) is 3.19. The fourth-order valence-corrected chi connectivity index (χ4v) is 2.49. The summed E-state index contributed by atoms with van der Waals surface area (Å²) in [6.45, 7) is 3.24. The average Bonchev–Trinajstić information content (AvgIpc) is 2.33. The molecule has 1 rings (SSSR count). The normalized spacial score (nSPS) is 13.4. The van der Waals surface area contributed by atoms with E-state index >= 15 is 0 Å². The molecule has 0 saturated heterocycles. The van der Waals surface area contributed by atoms with Gasteiger partial charge >= 0.3 is 0 Å². The van der Waals surface area contributed by atoms with Crippen molar-refractivity contribution in [2.24, 2.45) is 5.92 Å². The lowest BCUT2D eigenvalue weighted by Crippen LogP contribution is -2.07. The quantitative estimate of drug-likeness (QED) is 0.545. The molecule has 1 atom stereocenters. The smallest absolute Gasteiger partial charge is 0.232 e. The average molecular weight is 291 g/mol. The molecule has 0 aliphatic heterocycles. The van der Waals surface area contributed by atoms with Crippen LogP contribution in [0.3, 0.4) is 0 Å². The van der Waals surface area contributed by atoms with Crippen LogP contribution >= 0.6 is 10.7 Å². The molecule has 0 N–H and O–H groups in total. The van der Waals surface area contributed by atoms with Gasteiger partial charge in [0, 0.05) is 17.3 Å². The fraction of sp³-hybridized carbons (Fsp3) is 0.538. The molecule has 1 aromatic carbocycles. The number of ether oxygens (including phenoxy) is 1. The van der Waals surface area contributed by atoms with Crippen LogP contribution in [0.2, 0.25) is 0 Å². The standard InChI is InChI=1S/C13H19ClO3S/c1-12(8-10-18(14,15)16)7-9-17-11-13-5-3-2-4-6-13/h2-6,12H,7-11H2,1H3. The van der Waals surface area contributed by atoms with E-state index < -0.39 is 9.05 Å². The zero-order valence-electron chi connectivity index (χ0n) is 10.5. The molecular weight excluding hydrogens is 272 g/mol. The minimum atomic E-state index is -3.36. The van der Waals surface area contributed by atoms with Gasteiger partial charge in [-0.1, -0.05) is 37.3 Å². The van der Waals surface area contributed by atoms with E-state index in [1.807, 2.05) is 37.3 Å². The molecule has 1 unspecified atom stereocenters. The van der Waals surface area contributed by atoms with E-state index in [2.05, 4.69) is 0 Å². The summed E-state index contributed by atoms with van der Waals surface area (Å²) >= 11 is 0. The molecule has 0 amide bonds. The minimum absolute atomic E-state index is 0.0361. The molecule has 102 valence electrons. The van der Waals surface area contributed by atoms with E-state index in [-0.39, 0.29) is 5.75 Å². The van der Waals surface area contributed by atoms with Crippen LogP contribution in [-0.2, 0) is 20.4 Å². The molecular formula is C13H19ClO3S. The first-order valence-electron chi connectivity index (χ1n) is 6.01. The van der Waals surface area contributed by atoms with Crippen molar-refractivity contribution in [3.05, 3.63) is 35.9 Å². The van der Waals surface area contributed by atoms with Crippen LogP contribution in [0, 0.1) is 5.92 Å². The van der Waals surface area contributed by atoms with Crippen LogP contribution in [0.1, 0.15) is 25.3 Å². The van der Waals surface area contributed by atoms with Crippen molar-refractivity contribution >= 4 is 19.7 Å². The summed E-state index contributed by atoms with van der Waals surface area (Å²) in [7, 11) is 1.80. The SMILES string of the molecule is CC(CCOCc1ccccc1)CCS(=O)(=O)Cl. The molecule has 0 fully saturated rings. The molecule has 3 nitrogen and oxygen atoms in total. The Bertz CT molecular complexity index is 431. The van der Waals surface area contributed by atoms with Crippen molar-refractivity contribution < 1.29 is 13.2 Å². The third kappa shape index (κ3) is 7.69. The van der Waals surface area contributed by atoms with E-state index in [4.69, 9.17) is 15.4 Å². The lowest BCUT2D eigenvalue weighted by molar-refractivity contribution is 0.108. The summed E-state index contributed by atoms with van der Waals surface area (Å²) in [5.41, 5.74) is 1.15. The molecule has 5 heteroatoms. The summed E-state index contributed by atoms with van der Waals surface area (Å²) in [4.78, 5) is 0. The lowest BCUT2D eigenvalue weighted by atomic mass is 10.1. The van der Waals surface area contributed by atoms with Gasteiger partial charge < -0.3 is 4.74 Å². The Labute approximate surface area is 114 Å².